The Bertz CT molecular complexity index is 1060. The van der Waals surface area contributed by atoms with Gasteiger partial charge in [0.25, 0.3) is 10.0 Å². The Morgan fingerprint density at radius 1 is 0.964 bits per heavy atom. The molecule has 1 aromatic heterocycles. The van der Waals surface area contributed by atoms with Gasteiger partial charge in [0.15, 0.2) is 8.32 Å². The maximum Gasteiger partial charge on any atom is 0.268 e. The van der Waals surface area contributed by atoms with Gasteiger partial charge in [-0.1, -0.05) is 57.2 Å². The van der Waals surface area contributed by atoms with Crippen LogP contribution in [0.3, 0.4) is 0 Å². The van der Waals surface area contributed by atoms with Crippen molar-refractivity contribution in [1.82, 2.24) is 3.97 Å². The molecule has 0 radical (unpaired) electrons. The molecule has 28 heavy (non-hydrogen) atoms. The third-order valence-corrected chi connectivity index (χ3v) is 11.9. The van der Waals surface area contributed by atoms with Crippen LogP contribution in [0, 0.1) is 0 Å². The molecule has 0 aliphatic heterocycles. The van der Waals surface area contributed by atoms with Gasteiger partial charge in [-0.3, -0.25) is 0 Å². The van der Waals surface area contributed by atoms with Crippen molar-refractivity contribution >= 4 is 29.2 Å². The maximum absolute atomic E-state index is 13.2. The summed E-state index contributed by atoms with van der Waals surface area (Å²) in [6, 6.07) is 16.2. The Morgan fingerprint density at radius 3 is 2.21 bits per heavy atom. The van der Waals surface area contributed by atoms with Crippen molar-refractivity contribution in [3.05, 3.63) is 66.4 Å². The fourth-order valence-corrected chi connectivity index (χ4v) is 5.41. The first kappa shape index (κ1) is 20.8. The SMILES string of the molecule is CC(C)(C)[Si](C)(C)OCCc1cn(S(=O)(=O)c2ccccc2)c2ccccc12. The monoisotopic (exact) mass is 415 g/mol. The van der Waals surface area contributed by atoms with Crippen LogP contribution in [0.2, 0.25) is 18.1 Å². The number of nitrogens with zero attached hydrogens (tertiary/aromatic N) is 1. The molecule has 0 aliphatic rings. The second-order valence-corrected chi connectivity index (χ2v) is 15.3. The third kappa shape index (κ3) is 3.95. The van der Waals surface area contributed by atoms with Gasteiger partial charge in [0.1, 0.15) is 0 Å². The maximum atomic E-state index is 13.2. The molecule has 0 fully saturated rings. The van der Waals surface area contributed by atoms with E-state index >= 15 is 0 Å². The molecule has 0 aliphatic carbocycles. The molecule has 150 valence electrons. The average molecular weight is 416 g/mol. The molecule has 0 atom stereocenters. The second kappa shape index (κ2) is 7.50. The van der Waals surface area contributed by atoms with Crippen molar-refractivity contribution in [3.63, 3.8) is 0 Å². The predicted octanol–water partition coefficient (Wildman–Crippen LogP) is 5.44. The minimum Gasteiger partial charge on any atom is -0.416 e. The molecular weight excluding hydrogens is 386 g/mol. The van der Waals surface area contributed by atoms with E-state index in [0.717, 1.165) is 10.9 Å². The Hall–Kier alpha value is -1.89. The summed E-state index contributed by atoms with van der Waals surface area (Å²) in [5.41, 5.74) is 1.70. The Balaban J connectivity index is 1.94. The average Bonchev–Trinajstić information content (AvgIpc) is 3.01. The van der Waals surface area contributed by atoms with Crippen LogP contribution in [-0.2, 0) is 20.9 Å². The van der Waals surface area contributed by atoms with Crippen LogP contribution in [0.25, 0.3) is 10.9 Å². The molecule has 3 aromatic rings. The van der Waals surface area contributed by atoms with Crippen molar-refractivity contribution < 1.29 is 12.8 Å². The summed E-state index contributed by atoms with van der Waals surface area (Å²) >= 11 is 0. The summed E-state index contributed by atoms with van der Waals surface area (Å²) in [4.78, 5) is 0.292. The lowest BCUT2D eigenvalue weighted by Gasteiger charge is -2.36. The molecular formula is C22H29NO3SSi. The van der Waals surface area contributed by atoms with Gasteiger partial charge in [0, 0.05) is 18.2 Å². The van der Waals surface area contributed by atoms with E-state index in [2.05, 4.69) is 33.9 Å². The van der Waals surface area contributed by atoms with Gasteiger partial charge >= 0.3 is 0 Å². The van der Waals surface area contributed by atoms with Gasteiger partial charge < -0.3 is 4.43 Å². The van der Waals surface area contributed by atoms with Crippen molar-refractivity contribution in [2.45, 2.75) is 50.2 Å². The Kier molecular flexibility index (Phi) is 5.58. The van der Waals surface area contributed by atoms with Crippen molar-refractivity contribution in [2.24, 2.45) is 0 Å². The van der Waals surface area contributed by atoms with E-state index in [-0.39, 0.29) is 5.04 Å². The summed E-state index contributed by atoms with van der Waals surface area (Å²) in [5, 5.41) is 1.11. The zero-order valence-electron chi connectivity index (χ0n) is 17.3. The highest BCUT2D eigenvalue weighted by Gasteiger charge is 2.37. The summed E-state index contributed by atoms with van der Waals surface area (Å²) in [6.07, 6.45) is 2.44. The van der Waals surface area contributed by atoms with Crippen molar-refractivity contribution in [3.8, 4) is 0 Å². The van der Waals surface area contributed by atoms with E-state index in [0.29, 0.717) is 23.4 Å². The van der Waals surface area contributed by atoms with Crippen LogP contribution in [0.15, 0.2) is 65.7 Å². The van der Waals surface area contributed by atoms with Crippen molar-refractivity contribution in [1.29, 1.82) is 0 Å². The lowest BCUT2D eigenvalue weighted by molar-refractivity contribution is 0.292. The highest BCUT2D eigenvalue weighted by atomic mass is 32.2. The molecule has 0 amide bonds. The van der Waals surface area contributed by atoms with Gasteiger partial charge in [-0.25, -0.2) is 12.4 Å². The lowest BCUT2D eigenvalue weighted by Crippen LogP contribution is -2.41. The summed E-state index contributed by atoms with van der Waals surface area (Å²) < 4.78 is 34.0. The molecule has 3 rings (SSSR count). The number of hydrogen-bond acceptors (Lipinski definition) is 3. The lowest BCUT2D eigenvalue weighted by atomic mass is 10.1. The van der Waals surface area contributed by atoms with Crippen LogP contribution in [0.4, 0.5) is 0 Å². The largest absolute Gasteiger partial charge is 0.416 e. The first-order valence-corrected chi connectivity index (χ1v) is 13.9. The molecule has 1 heterocycles. The molecule has 0 unspecified atom stereocenters. The molecule has 6 heteroatoms. The number of hydrogen-bond donors (Lipinski definition) is 0. The van der Waals surface area contributed by atoms with E-state index in [9.17, 15) is 8.42 Å². The topological polar surface area (TPSA) is 48.3 Å². The number of para-hydroxylation sites is 1. The van der Waals surface area contributed by atoms with E-state index in [1.165, 1.54) is 3.97 Å². The van der Waals surface area contributed by atoms with E-state index in [1.807, 2.05) is 30.3 Å². The number of aromatic nitrogens is 1. The smallest absolute Gasteiger partial charge is 0.268 e. The molecule has 0 bridgehead atoms. The van der Waals surface area contributed by atoms with E-state index in [4.69, 9.17) is 4.43 Å². The summed E-state index contributed by atoms with van der Waals surface area (Å²) in [6.45, 7) is 11.7. The van der Waals surface area contributed by atoms with Gasteiger partial charge in [-0.2, -0.15) is 0 Å². The number of benzene rings is 2. The van der Waals surface area contributed by atoms with Crippen LogP contribution in [-0.4, -0.2) is 27.3 Å². The van der Waals surface area contributed by atoms with Crippen LogP contribution < -0.4 is 0 Å². The van der Waals surface area contributed by atoms with E-state index < -0.39 is 18.3 Å². The highest BCUT2D eigenvalue weighted by Crippen LogP contribution is 2.36. The molecule has 4 nitrogen and oxygen atoms in total. The van der Waals surface area contributed by atoms with Crippen LogP contribution >= 0.6 is 0 Å². The molecule has 0 saturated carbocycles. The molecule has 0 N–H and O–H groups in total. The van der Waals surface area contributed by atoms with Gasteiger partial charge in [-0.05, 0) is 48.3 Å². The predicted molar refractivity (Wildman–Crippen MR) is 118 cm³/mol. The zero-order chi connectivity index (χ0) is 20.6. The molecule has 0 saturated heterocycles. The van der Waals surface area contributed by atoms with E-state index in [1.54, 1.807) is 30.5 Å². The minimum atomic E-state index is -3.64. The Morgan fingerprint density at radius 2 is 1.57 bits per heavy atom. The second-order valence-electron chi connectivity index (χ2n) is 8.64. The Labute approximate surface area is 169 Å². The quantitative estimate of drug-likeness (QED) is 0.504. The van der Waals surface area contributed by atoms with Gasteiger partial charge in [0.2, 0.25) is 0 Å². The normalized spacial score (nSPS) is 13.2. The number of rotatable bonds is 6. The van der Waals surface area contributed by atoms with Gasteiger partial charge in [0.05, 0.1) is 10.4 Å². The molecule has 2 aromatic carbocycles. The summed E-state index contributed by atoms with van der Waals surface area (Å²) in [7, 11) is -5.47. The third-order valence-electron chi connectivity index (χ3n) is 5.70. The number of fused-ring (bicyclic) bond motifs is 1. The first-order valence-electron chi connectivity index (χ1n) is 9.57. The van der Waals surface area contributed by atoms with Crippen molar-refractivity contribution in [2.75, 3.05) is 6.61 Å². The van der Waals surface area contributed by atoms with Crippen LogP contribution in [0.1, 0.15) is 26.3 Å². The van der Waals surface area contributed by atoms with Gasteiger partial charge in [-0.15, -0.1) is 0 Å². The fraction of sp³-hybridized carbons (Fsp3) is 0.364. The fourth-order valence-electron chi connectivity index (χ4n) is 2.95. The summed E-state index contributed by atoms with van der Waals surface area (Å²) in [5.74, 6) is 0. The first-order chi connectivity index (χ1) is 13.0. The zero-order valence-corrected chi connectivity index (χ0v) is 19.1. The standard InChI is InChI=1S/C22H29NO3SSi/c1-22(2,3)28(4,5)26-16-15-18-17-23(21-14-10-9-13-20(18)21)27(24,25)19-11-7-6-8-12-19/h6-14,17H,15-16H2,1-5H3. The molecule has 0 spiro atoms. The van der Waals surface area contributed by atoms with Crippen LogP contribution in [0.5, 0.6) is 0 Å². The highest BCUT2D eigenvalue weighted by molar-refractivity contribution is 7.90. The minimum absolute atomic E-state index is 0.150.